The highest BCUT2D eigenvalue weighted by atomic mass is 79.9. The summed E-state index contributed by atoms with van der Waals surface area (Å²) in [6.07, 6.45) is 0.838. The number of hydrogen-bond acceptors (Lipinski definition) is 3. The van der Waals surface area contributed by atoms with Crippen LogP contribution in [0.2, 0.25) is 0 Å². The highest BCUT2D eigenvalue weighted by Crippen LogP contribution is 2.41. The number of benzene rings is 2. The van der Waals surface area contributed by atoms with Gasteiger partial charge in [-0.05, 0) is 44.2 Å². The first-order valence-electron chi connectivity index (χ1n) is 7.42. The molecule has 1 aliphatic rings. The largest absolute Gasteiger partial charge is 0.483 e. The second-order valence-electron chi connectivity index (χ2n) is 6.13. The van der Waals surface area contributed by atoms with Crippen molar-refractivity contribution in [2.45, 2.75) is 25.9 Å². The predicted octanol–water partition coefficient (Wildman–Crippen LogP) is 4.18. The summed E-state index contributed by atoms with van der Waals surface area (Å²) in [5, 5.41) is 2.80. The van der Waals surface area contributed by atoms with Crippen molar-refractivity contribution < 1.29 is 14.3 Å². The molecule has 0 spiro atoms. The lowest BCUT2D eigenvalue weighted by molar-refractivity contribution is -0.118. The molecule has 4 nitrogen and oxygen atoms in total. The van der Waals surface area contributed by atoms with Crippen LogP contribution in [0, 0.1) is 0 Å². The maximum atomic E-state index is 12.0. The van der Waals surface area contributed by atoms with Crippen LogP contribution < -0.4 is 14.8 Å². The van der Waals surface area contributed by atoms with E-state index in [0.717, 1.165) is 27.9 Å². The van der Waals surface area contributed by atoms with Crippen LogP contribution >= 0.6 is 15.9 Å². The third kappa shape index (κ3) is 3.85. The van der Waals surface area contributed by atoms with Crippen LogP contribution in [0.5, 0.6) is 11.5 Å². The number of rotatable bonds is 4. The lowest BCUT2D eigenvalue weighted by Crippen LogP contribution is -2.25. The van der Waals surface area contributed by atoms with E-state index in [0.29, 0.717) is 5.75 Å². The van der Waals surface area contributed by atoms with E-state index in [-0.39, 0.29) is 18.1 Å². The maximum absolute atomic E-state index is 12.0. The molecule has 5 heteroatoms. The van der Waals surface area contributed by atoms with Gasteiger partial charge in [-0.2, -0.15) is 0 Å². The van der Waals surface area contributed by atoms with Gasteiger partial charge in [0.2, 0.25) is 0 Å². The molecule has 1 N–H and O–H groups in total. The van der Waals surface area contributed by atoms with Crippen LogP contribution in [0.25, 0.3) is 0 Å². The summed E-state index contributed by atoms with van der Waals surface area (Å²) in [5.41, 5.74) is 1.61. The molecule has 0 aliphatic carbocycles. The van der Waals surface area contributed by atoms with Crippen LogP contribution in [0.4, 0.5) is 5.69 Å². The Morgan fingerprint density at radius 1 is 1.26 bits per heavy atom. The number of amides is 1. The number of hydrogen-bond donors (Lipinski definition) is 1. The summed E-state index contributed by atoms with van der Waals surface area (Å²) in [4.78, 5) is 12.0. The van der Waals surface area contributed by atoms with Crippen molar-refractivity contribution >= 4 is 27.5 Å². The van der Waals surface area contributed by atoms with Crippen molar-refractivity contribution in [2.75, 3.05) is 11.9 Å². The molecule has 23 heavy (non-hydrogen) atoms. The van der Waals surface area contributed by atoms with E-state index in [1.165, 1.54) is 0 Å². The van der Waals surface area contributed by atoms with Gasteiger partial charge in [0, 0.05) is 22.1 Å². The number of ether oxygens (including phenoxy) is 2. The summed E-state index contributed by atoms with van der Waals surface area (Å²) in [7, 11) is 0. The SMILES string of the molecule is CC1(C)Cc2cccc(OCC(=O)Nc3ccc(Br)cc3)c2O1. The van der Waals surface area contributed by atoms with Crippen LogP contribution in [0.3, 0.4) is 0 Å². The summed E-state index contributed by atoms with van der Waals surface area (Å²) in [5.74, 6) is 1.15. The van der Waals surface area contributed by atoms with Gasteiger partial charge in [0.1, 0.15) is 5.60 Å². The van der Waals surface area contributed by atoms with Crippen LogP contribution in [0.1, 0.15) is 19.4 Å². The lowest BCUT2D eigenvalue weighted by Gasteiger charge is -2.18. The van der Waals surface area contributed by atoms with Gasteiger partial charge in [-0.1, -0.05) is 28.1 Å². The Bertz CT molecular complexity index is 726. The lowest BCUT2D eigenvalue weighted by atomic mass is 10.0. The van der Waals surface area contributed by atoms with Crippen molar-refractivity contribution in [3.05, 3.63) is 52.5 Å². The molecule has 3 rings (SSSR count). The Morgan fingerprint density at radius 3 is 2.74 bits per heavy atom. The smallest absolute Gasteiger partial charge is 0.262 e. The fourth-order valence-electron chi connectivity index (χ4n) is 2.57. The fraction of sp³-hybridized carbons (Fsp3) is 0.278. The summed E-state index contributed by atoms with van der Waals surface area (Å²) in [6, 6.07) is 13.2. The van der Waals surface area contributed by atoms with Crippen LogP contribution in [0.15, 0.2) is 46.9 Å². The Kier molecular flexibility index (Phi) is 4.31. The molecule has 0 unspecified atom stereocenters. The molecule has 0 fully saturated rings. The predicted molar refractivity (Wildman–Crippen MR) is 93.1 cm³/mol. The molecule has 0 saturated heterocycles. The van der Waals surface area contributed by atoms with Crippen molar-refractivity contribution in [3.8, 4) is 11.5 Å². The maximum Gasteiger partial charge on any atom is 0.262 e. The molecule has 1 amide bonds. The van der Waals surface area contributed by atoms with Gasteiger partial charge >= 0.3 is 0 Å². The van der Waals surface area contributed by atoms with Gasteiger partial charge in [-0.15, -0.1) is 0 Å². The Labute approximate surface area is 143 Å². The molecule has 2 aromatic rings. The van der Waals surface area contributed by atoms with E-state index in [2.05, 4.69) is 21.2 Å². The van der Waals surface area contributed by atoms with Crippen molar-refractivity contribution in [3.63, 3.8) is 0 Å². The Balaban J connectivity index is 1.62. The number of fused-ring (bicyclic) bond motifs is 1. The van der Waals surface area contributed by atoms with Crippen LogP contribution in [-0.2, 0) is 11.2 Å². The normalized spacial score (nSPS) is 14.7. The third-order valence-corrected chi connectivity index (χ3v) is 4.07. The first kappa shape index (κ1) is 15.9. The minimum absolute atomic E-state index is 0.0592. The molecule has 0 atom stereocenters. The van der Waals surface area contributed by atoms with Crippen molar-refractivity contribution in [2.24, 2.45) is 0 Å². The second-order valence-corrected chi connectivity index (χ2v) is 7.04. The van der Waals surface area contributed by atoms with E-state index in [9.17, 15) is 4.79 Å². The standard InChI is InChI=1S/C18H18BrNO3/c1-18(2)10-12-4-3-5-15(17(12)23-18)22-11-16(21)20-14-8-6-13(19)7-9-14/h3-9H,10-11H2,1-2H3,(H,20,21). The number of nitrogens with one attached hydrogen (secondary N) is 1. The number of carbonyl (C=O) groups excluding carboxylic acids is 1. The topological polar surface area (TPSA) is 47.6 Å². The van der Waals surface area contributed by atoms with E-state index in [4.69, 9.17) is 9.47 Å². The number of para-hydroxylation sites is 1. The van der Waals surface area contributed by atoms with Gasteiger partial charge in [0.25, 0.3) is 5.91 Å². The molecular formula is C18H18BrNO3. The zero-order valence-electron chi connectivity index (χ0n) is 13.1. The van der Waals surface area contributed by atoms with Gasteiger partial charge in [0.15, 0.2) is 18.1 Å². The van der Waals surface area contributed by atoms with E-state index >= 15 is 0 Å². The molecule has 1 heterocycles. The quantitative estimate of drug-likeness (QED) is 0.871. The molecule has 1 aliphatic heterocycles. The van der Waals surface area contributed by atoms with E-state index in [1.807, 2.05) is 56.3 Å². The van der Waals surface area contributed by atoms with Crippen molar-refractivity contribution in [1.82, 2.24) is 0 Å². The first-order chi connectivity index (χ1) is 10.9. The molecule has 0 radical (unpaired) electrons. The van der Waals surface area contributed by atoms with Gasteiger partial charge in [-0.3, -0.25) is 4.79 Å². The number of anilines is 1. The Hall–Kier alpha value is -2.01. The third-order valence-electron chi connectivity index (χ3n) is 3.54. The molecule has 2 aromatic carbocycles. The number of carbonyl (C=O) groups is 1. The van der Waals surface area contributed by atoms with Crippen LogP contribution in [-0.4, -0.2) is 18.1 Å². The summed E-state index contributed by atoms with van der Waals surface area (Å²) < 4.78 is 12.5. The van der Waals surface area contributed by atoms with Gasteiger partial charge < -0.3 is 14.8 Å². The molecule has 120 valence electrons. The van der Waals surface area contributed by atoms with Gasteiger partial charge in [0.05, 0.1) is 0 Å². The zero-order chi connectivity index (χ0) is 16.4. The zero-order valence-corrected chi connectivity index (χ0v) is 14.6. The summed E-state index contributed by atoms with van der Waals surface area (Å²) in [6.45, 7) is 4.02. The van der Waals surface area contributed by atoms with E-state index < -0.39 is 0 Å². The highest BCUT2D eigenvalue weighted by molar-refractivity contribution is 9.10. The fourth-order valence-corrected chi connectivity index (χ4v) is 2.84. The average Bonchev–Trinajstić information content (AvgIpc) is 2.82. The molecule has 0 bridgehead atoms. The van der Waals surface area contributed by atoms with Crippen molar-refractivity contribution in [1.29, 1.82) is 0 Å². The molecule has 0 aromatic heterocycles. The molecule has 0 saturated carbocycles. The Morgan fingerprint density at radius 2 is 2.00 bits per heavy atom. The first-order valence-corrected chi connectivity index (χ1v) is 8.21. The van der Waals surface area contributed by atoms with Gasteiger partial charge in [-0.25, -0.2) is 0 Å². The summed E-state index contributed by atoms with van der Waals surface area (Å²) >= 11 is 3.36. The van der Waals surface area contributed by atoms with E-state index in [1.54, 1.807) is 0 Å². The minimum atomic E-state index is -0.235. The number of halogens is 1. The second kappa shape index (κ2) is 6.24. The minimum Gasteiger partial charge on any atom is -0.483 e. The highest BCUT2D eigenvalue weighted by Gasteiger charge is 2.32. The molecular weight excluding hydrogens is 358 g/mol. The monoisotopic (exact) mass is 375 g/mol. The average molecular weight is 376 g/mol.